The minimum Gasteiger partial charge on any atom is -0.444 e. The highest BCUT2D eigenvalue weighted by Crippen LogP contribution is 2.37. The second kappa shape index (κ2) is 6.07. The van der Waals surface area contributed by atoms with Crippen molar-refractivity contribution < 1.29 is 14.3 Å². The van der Waals surface area contributed by atoms with Crippen LogP contribution in [0.25, 0.3) is 0 Å². The summed E-state index contributed by atoms with van der Waals surface area (Å²) in [5, 5.41) is 5.76. The van der Waals surface area contributed by atoms with Crippen LogP contribution in [0.15, 0.2) is 11.4 Å². The Morgan fingerprint density at radius 2 is 2.30 bits per heavy atom. The van der Waals surface area contributed by atoms with Gasteiger partial charge in [0.05, 0.1) is 24.8 Å². The van der Waals surface area contributed by atoms with Crippen molar-refractivity contribution in [3.05, 3.63) is 21.9 Å². The van der Waals surface area contributed by atoms with E-state index in [9.17, 15) is 4.79 Å². The lowest BCUT2D eigenvalue weighted by atomic mass is 9.82. The fourth-order valence-corrected chi connectivity index (χ4v) is 4.30. The number of amides is 1. The van der Waals surface area contributed by atoms with Crippen molar-refractivity contribution in [1.82, 2.24) is 10.2 Å². The van der Waals surface area contributed by atoms with Gasteiger partial charge in [-0.1, -0.05) is 0 Å². The molecule has 2 unspecified atom stereocenters. The van der Waals surface area contributed by atoms with Crippen LogP contribution in [-0.2, 0) is 21.4 Å². The van der Waals surface area contributed by atoms with Crippen LogP contribution in [0, 0.1) is 0 Å². The highest BCUT2D eigenvalue weighted by Gasteiger charge is 2.43. The van der Waals surface area contributed by atoms with E-state index >= 15 is 0 Å². The van der Waals surface area contributed by atoms with Crippen molar-refractivity contribution in [3.8, 4) is 0 Å². The first-order valence-electron chi connectivity index (χ1n) is 8.21. The number of nitrogens with zero attached hydrogens (tertiary/aromatic N) is 1. The van der Waals surface area contributed by atoms with E-state index in [0.29, 0.717) is 19.7 Å². The standard InChI is InChI=1S/C17H26N2O3S/c1-16(2,3)22-15(20)19-8-9-21-14(11-19)17(4)12-6-10-23-13(12)5-7-18-17/h6,10,14,18H,5,7-9,11H2,1-4H3. The monoisotopic (exact) mass is 338 g/mol. The Morgan fingerprint density at radius 3 is 3.04 bits per heavy atom. The minimum atomic E-state index is -0.474. The van der Waals surface area contributed by atoms with Crippen LogP contribution in [0.2, 0.25) is 0 Å². The van der Waals surface area contributed by atoms with E-state index in [1.807, 2.05) is 20.8 Å². The van der Waals surface area contributed by atoms with E-state index in [2.05, 4.69) is 23.7 Å². The number of thiophene rings is 1. The number of hydrogen-bond donors (Lipinski definition) is 1. The summed E-state index contributed by atoms with van der Waals surface area (Å²) in [6.45, 7) is 10.5. The first kappa shape index (κ1) is 16.7. The van der Waals surface area contributed by atoms with Crippen LogP contribution in [0.3, 0.4) is 0 Å². The summed E-state index contributed by atoms with van der Waals surface area (Å²) in [6, 6.07) is 2.18. The van der Waals surface area contributed by atoms with Gasteiger partial charge in [0.25, 0.3) is 0 Å². The molecule has 1 fully saturated rings. The average molecular weight is 338 g/mol. The SMILES string of the molecule is CC(C)(C)OC(=O)N1CCOC(C2(C)NCCc3sccc32)C1. The fourth-order valence-electron chi connectivity index (χ4n) is 3.31. The third kappa shape index (κ3) is 3.39. The molecule has 3 rings (SSSR count). The van der Waals surface area contributed by atoms with Crippen molar-refractivity contribution >= 4 is 17.4 Å². The van der Waals surface area contributed by atoms with E-state index in [1.54, 1.807) is 16.2 Å². The number of nitrogens with one attached hydrogen (secondary N) is 1. The fraction of sp³-hybridized carbons (Fsp3) is 0.706. The summed E-state index contributed by atoms with van der Waals surface area (Å²) in [5.41, 5.74) is 0.580. The van der Waals surface area contributed by atoms with Gasteiger partial charge in [0, 0.05) is 18.0 Å². The van der Waals surface area contributed by atoms with Crippen LogP contribution < -0.4 is 5.32 Å². The van der Waals surface area contributed by atoms with Gasteiger partial charge >= 0.3 is 6.09 Å². The molecule has 1 aromatic rings. The zero-order valence-electron chi connectivity index (χ0n) is 14.3. The minimum absolute atomic E-state index is 0.0718. The highest BCUT2D eigenvalue weighted by molar-refractivity contribution is 7.10. The van der Waals surface area contributed by atoms with Crippen LogP contribution >= 0.6 is 11.3 Å². The molecular weight excluding hydrogens is 312 g/mol. The number of carbonyl (C=O) groups is 1. The van der Waals surface area contributed by atoms with Gasteiger partial charge in [-0.2, -0.15) is 0 Å². The summed E-state index contributed by atoms with van der Waals surface area (Å²) in [4.78, 5) is 15.6. The van der Waals surface area contributed by atoms with Gasteiger partial charge in [0.15, 0.2) is 0 Å². The molecule has 1 aromatic heterocycles. The summed E-state index contributed by atoms with van der Waals surface area (Å²) >= 11 is 1.81. The van der Waals surface area contributed by atoms with Crippen molar-refractivity contribution in [2.75, 3.05) is 26.2 Å². The van der Waals surface area contributed by atoms with Gasteiger partial charge in [0.1, 0.15) is 5.60 Å². The van der Waals surface area contributed by atoms with Crippen molar-refractivity contribution in [1.29, 1.82) is 0 Å². The van der Waals surface area contributed by atoms with Gasteiger partial charge in [-0.3, -0.25) is 0 Å². The lowest BCUT2D eigenvalue weighted by Gasteiger charge is -2.45. The maximum Gasteiger partial charge on any atom is 0.410 e. The molecule has 0 bridgehead atoms. The molecule has 0 spiro atoms. The maximum atomic E-state index is 12.4. The summed E-state index contributed by atoms with van der Waals surface area (Å²) in [6.07, 6.45) is 0.735. The quantitative estimate of drug-likeness (QED) is 0.855. The Hall–Kier alpha value is -1.11. The molecular formula is C17H26N2O3S. The predicted octanol–water partition coefficient (Wildman–Crippen LogP) is 2.74. The molecule has 3 heterocycles. The highest BCUT2D eigenvalue weighted by atomic mass is 32.1. The number of hydrogen-bond acceptors (Lipinski definition) is 5. The molecule has 1 saturated heterocycles. The molecule has 5 nitrogen and oxygen atoms in total. The third-order valence-electron chi connectivity index (χ3n) is 4.51. The lowest BCUT2D eigenvalue weighted by molar-refractivity contribution is -0.0783. The first-order chi connectivity index (χ1) is 10.8. The van der Waals surface area contributed by atoms with Gasteiger partial charge in [-0.25, -0.2) is 4.79 Å². The number of carbonyl (C=O) groups excluding carboxylic acids is 1. The molecule has 2 aliphatic rings. The number of rotatable bonds is 1. The molecule has 1 amide bonds. The molecule has 128 valence electrons. The molecule has 0 radical (unpaired) electrons. The number of ether oxygens (including phenoxy) is 2. The van der Waals surface area contributed by atoms with E-state index < -0.39 is 5.60 Å². The number of fused-ring (bicyclic) bond motifs is 1. The molecule has 1 N–H and O–H groups in total. The molecule has 0 aromatic carbocycles. The Labute approximate surface area is 142 Å². The lowest BCUT2D eigenvalue weighted by Crippen LogP contribution is -2.60. The van der Waals surface area contributed by atoms with E-state index in [4.69, 9.17) is 9.47 Å². The second-order valence-electron chi connectivity index (χ2n) is 7.42. The van der Waals surface area contributed by atoms with Crippen LogP contribution in [-0.4, -0.2) is 48.9 Å². The van der Waals surface area contributed by atoms with Crippen molar-refractivity contribution in [2.45, 2.75) is 51.4 Å². The summed E-state index contributed by atoms with van der Waals surface area (Å²) in [7, 11) is 0. The summed E-state index contributed by atoms with van der Waals surface area (Å²) in [5.74, 6) is 0. The normalized spacial score (nSPS) is 28.3. The van der Waals surface area contributed by atoms with Crippen LogP contribution in [0.4, 0.5) is 4.79 Å². The van der Waals surface area contributed by atoms with Crippen LogP contribution in [0.1, 0.15) is 38.1 Å². The third-order valence-corrected chi connectivity index (χ3v) is 5.49. The molecule has 2 atom stereocenters. The van der Waals surface area contributed by atoms with Gasteiger partial charge in [-0.05, 0) is 51.1 Å². The Kier molecular flexibility index (Phi) is 4.42. The topological polar surface area (TPSA) is 50.8 Å². The zero-order chi connectivity index (χ0) is 16.7. The molecule has 6 heteroatoms. The van der Waals surface area contributed by atoms with Crippen molar-refractivity contribution in [3.63, 3.8) is 0 Å². The Balaban J connectivity index is 1.76. The van der Waals surface area contributed by atoms with Crippen LogP contribution in [0.5, 0.6) is 0 Å². The van der Waals surface area contributed by atoms with Crippen molar-refractivity contribution in [2.24, 2.45) is 0 Å². The maximum absolute atomic E-state index is 12.4. The second-order valence-corrected chi connectivity index (χ2v) is 8.42. The average Bonchev–Trinajstić information content (AvgIpc) is 2.96. The predicted molar refractivity (Wildman–Crippen MR) is 90.9 cm³/mol. The zero-order valence-corrected chi connectivity index (χ0v) is 15.2. The first-order valence-corrected chi connectivity index (χ1v) is 9.09. The molecule has 2 aliphatic heterocycles. The smallest absolute Gasteiger partial charge is 0.410 e. The molecule has 23 heavy (non-hydrogen) atoms. The number of morpholine rings is 1. The largest absolute Gasteiger partial charge is 0.444 e. The van der Waals surface area contributed by atoms with E-state index in [-0.39, 0.29) is 17.7 Å². The van der Waals surface area contributed by atoms with Gasteiger partial charge < -0.3 is 19.7 Å². The Morgan fingerprint density at radius 1 is 1.52 bits per heavy atom. The van der Waals surface area contributed by atoms with Gasteiger partial charge in [-0.15, -0.1) is 11.3 Å². The van der Waals surface area contributed by atoms with E-state index in [0.717, 1.165) is 13.0 Å². The molecule has 0 aliphatic carbocycles. The molecule has 0 saturated carbocycles. The van der Waals surface area contributed by atoms with Gasteiger partial charge in [0.2, 0.25) is 0 Å². The summed E-state index contributed by atoms with van der Waals surface area (Å²) < 4.78 is 11.6. The Bertz CT molecular complexity index is 581. The van der Waals surface area contributed by atoms with E-state index in [1.165, 1.54) is 10.4 Å².